The van der Waals surface area contributed by atoms with Gasteiger partial charge in [-0.05, 0) is 19.1 Å². The molecule has 2 aromatic heterocycles. The van der Waals surface area contributed by atoms with E-state index in [9.17, 15) is 24.0 Å². The van der Waals surface area contributed by atoms with Crippen molar-refractivity contribution in [3.8, 4) is 5.75 Å². The summed E-state index contributed by atoms with van der Waals surface area (Å²) in [5.41, 5.74) is 5.84. The number of para-hydroxylation sites is 1. The van der Waals surface area contributed by atoms with Gasteiger partial charge in [-0.25, -0.2) is 9.55 Å². The van der Waals surface area contributed by atoms with Crippen LogP contribution in [0.1, 0.15) is 19.6 Å². The van der Waals surface area contributed by atoms with Crippen LogP contribution in [-0.4, -0.2) is 60.6 Å². The number of hydrogen-bond donors (Lipinski definition) is 4. The molecule has 15 heteroatoms. The summed E-state index contributed by atoms with van der Waals surface area (Å²) in [5, 5.41) is 22.1. The van der Waals surface area contributed by atoms with Gasteiger partial charge >= 0.3 is 19.8 Å². The lowest BCUT2D eigenvalue weighted by Crippen LogP contribution is -2.34. The van der Waals surface area contributed by atoms with E-state index in [-0.39, 0.29) is 35.8 Å². The second-order valence-electron chi connectivity index (χ2n) is 7.54. The highest BCUT2D eigenvalue weighted by Crippen LogP contribution is 2.46. The fourth-order valence-corrected chi connectivity index (χ4v) is 4.89. The molecule has 1 aliphatic heterocycles. The molecule has 0 bridgehead atoms. The molecule has 0 aliphatic carbocycles. The fourth-order valence-electron chi connectivity index (χ4n) is 3.37. The molecule has 5 atom stereocenters. The van der Waals surface area contributed by atoms with Crippen molar-refractivity contribution in [1.82, 2.24) is 24.6 Å². The number of carboxylic acids is 1. The number of carbonyl (C=O) groups is 1. The molecule has 13 nitrogen and oxygen atoms in total. The zero-order valence-electron chi connectivity index (χ0n) is 17.8. The van der Waals surface area contributed by atoms with Crippen molar-refractivity contribution in [3.63, 3.8) is 0 Å². The standard InChI is InChI=1S/C19H22FN6O7P/c1-10(18(28)29)25-34(30,33-11-5-3-2-4-6-11)31-8-12-7-13(27)17(32-12)26-9-22-14-15(21)23-19(20)24-16(14)26/h2-6,9-10,12-13,17,27H,7-8H2,1H3,(H,25,30)(H,28,29)(H2,21,23,24)/t10?,12?,13?,17-,34?/m1/s1. The number of aromatic nitrogens is 4. The number of rotatable bonds is 9. The van der Waals surface area contributed by atoms with Gasteiger partial charge in [0.1, 0.15) is 17.9 Å². The Morgan fingerprint density at radius 3 is 2.85 bits per heavy atom. The van der Waals surface area contributed by atoms with Crippen LogP contribution in [0.2, 0.25) is 0 Å². The van der Waals surface area contributed by atoms with Crippen LogP contribution in [0, 0.1) is 6.08 Å². The highest BCUT2D eigenvalue weighted by Gasteiger charge is 2.39. The van der Waals surface area contributed by atoms with Crippen molar-refractivity contribution in [1.29, 1.82) is 0 Å². The van der Waals surface area contributed by atoms with E-state index in [2.05, 4.69) is 20.0 Å². The smallest absolute Gasteiger partial charge is 0.459 e. The molecule has 0 radical (unpaired) electrons. The van der Waals surface area contributed by atoms with Gasteiger partial charge in [-0.1, -0.05) is 18.2 Å². The Morgan fingerprint density at radius 2 is 2.15 bits per heavy atom. The second-order valence-corrected chi connectivity index (χ2v) is 9.23. The van der Waals surface area contributed by atoms with Gasteiger partial charge in [0.15, 0.2) is 23.2 Å². The summed E-state index contributed by atoms with van der Waals surface area (Å²) in [4.78, 5) is 22.4. The quantitative estimate of drug-likeness (QED) is 0.247. The van der Waals surface area contributed by atoms with Crippen LogP contribution in [0.5, 0.6) is 5.75 Å². The van der Waals surface area contributed by atoms with Crippen molar-refractivity contribution in [2.24, 2.45) is 0 Å². The Labute approximate surface area is 192 Å². The van der Waals surface area contributed by atoms with Crippen molar-refractivity contribution in [2.45, 2.75) is 37.8 Å². The summed E-state index contributed by atoms with van der Waals surface area (Å²) >= 11 is 0. The van der Waals surface area contributed by atoms with Gasteiger partial charge in [0.25, 0.3) is 0 Å². The first kappa shape index (κ1) is 24.0. The van der Waals surface area contributed by atoms with Gasteiger partial charge in [0.05, 0.1) is 19.0 Å². The predicted octanol–water partition coefficient (Wildman–Crippen LogP) is 1.46. The Hall–Kier alpha value is -3.16. The number of hydrogen-bond acceptors (Lipinski definition) is 10. The molecule has 1 aromatic carbocycles. The number of ether oxygens (including phenoxy) is 1. The lowest BCUT2D eigenvalue weighted by Gasteiger charge is -2.23. The van der Waals surface area contributed by atoms with Gasteiger partial charge in [-0.15, -0.1) is 0 Å². The van der Waals surface area contributed by atoms with Gasteiger partial charge in [-0.3, -0.25) is 13.9 Å². The number of anilines is 1. The zero-order chi connectivity index (χ0) is 24.5. The van der Waals surface area contributed by atoms with Gasteiger partial charge in [0.2, 0.25) is 0 Å². The Kier molecular flexibility index (Phi) is 6.77. The monoisotopic (exact) mass is 496 g/mol. The normalized spacial score (nSPS) is 23.0. The Bertz CT molecular complexity index is 1230. The molecule has 3 aromatic rings. The molecule has 1 aliphatic rings. The average Bonchev–Trinajstić information content (AvgIpc) is 3.36. The molecule has 0 spiro atoms. The topological polar surface area (TPSA) is 184 Å². The zero-order valence-corrected chi connectivity index (χ0v) is 18.7. The third-order valence-electron chi connectivity index (χ3n) is 4.98. The minimum atomic E-state index is -4.15. The van der Waals surface area contributed by atoms with Crippen LogP contribution in [0.4, 0.5) is 10.2 Å². The van der Waals surface area contributed by atoms with Crippen LogP contribution in [0.3, 0.4) is 0 Å². The number of fused-ring (bicyclic) bond motifs is 1. The van der Waals surface area contributed by atoms with Gasteiger partial charge < -0.3 is 25.2 Å². The maximum Gasteiger partial charge on any atom is 0.459 e. The highest BCUT2D eigenvalue weighted by molar-refractivity contribution is 7.52. The third kappa shape index (κ3) is 5.16. The third-order valence-corrected chi connectivity index (χ3v) is 6.63. The molecule has 4 unspecified atom stereocenters. The van der Waals surface area contributed by atoms with E-state index in [0.29, 0.717) is 0 Å². The van der Waals surface area contributed by atoms with E-state index in [0.717, 1.165) is 0 Å². The second kappa shape index (κ2) is 9.60. The minimum Gasteiger partial charge on any atom is -0.480 e. The average molecular weight is 496 g/mol. The largest absolute Gasteiger partial charge is 0.480 e. The molecule has 1 saturated heterocycles. The van der Waals surface area contributed by atoms with E-state index < -0.39 is 44.3 Å². The van der Waals surface area contributed by atoms with E-state index >= 15 is 0 Å². The Balaban J connectivity index is 1.48. The summed E-state index contributed by atoms with van der Waals surface area (Å²) in [5.74, 6) is -1.22. The first-order valence-electron chi connectivity index (χ1n) is 10.1. The molecular weight excluding hydrogens is 474 g/mol. The molecule has 34 heavy (non-hydrogen) atoms. The number of aliphatic carboxylic acids is 1. The summed E-state index contributed by atoms with van der Waals surface area (Å²) in [6, 6.07) is 6.85. The van der Waals surface area contributed by atoms with Crippen LogP contribution in [0.25, 0.3) is 11.2 Å². The molecule has 5 N–H and O–H groups in total. The lowest BCUT2D eigenvalue weighted by atomic mass is 10.2. The number of benzene rings is 1. The van der Waals surface area contributed by atoms with Crippen molar-refractivity contribution < 1.29 is 37.7 Å². The fraction of sp³-hybridized carbons (Fsp3) is 0.368. The molecule has 0 saturated carbocycles. The highest BCUT2D eigenvalue weighted by atomic mass is 31.2. The molecular formula is C19H22FN6O7P. The van der Waals surface area contributed by atoms with Gasteiger partial charge in [0, 0.05) is 6.42 Å². The summed E-state index contributed by atoms with van der Waals surface area (Å²) in [6.07, 6.45) is -2.55. The van der Waals surface area contributed by atoms with Crippen molar-refractivity contribution in [3.05, 3.63) is 42.7 Å². The molecule has 4 rings (SSSR count). The Morgan fingerprint density at radius 1 is 1.41 bits per heavy atom. The van der Waals surface area contributed by atoms with E-state index in [1.54, 1.807) is 18.2 Å². The SMILES string of the molecule is CC(NP(=O)(OCC1CC(O)[C@H](n2cnc3c(N)nc(F)nc32)O1)Oc1ccccc1)C(=O)O. The van der Waals surface area contributed by atoms with Gasteiger partial charge in [-0.2, -0.15) is 19.4 Å². The number of aliphatic hydroxyl groups is 1. The molecule has 0 amide bonds. The number of halogens is 1. The molecule has 3 heterocycles. The van der Waals surface area contributed by atoms with Crippen LogP contribution >= 0.6 is 7.75 Å². The number of nitrogens with zero attached hydrogens (tertiary/aromatic N) is 4. The number of imidazole rings is 1. The summed E-state index contributed by atoms with van der Waals surface area (Å²) in [7, 11) is -4.15. The van der Waals surface area contributed by atoms with E-state index in [4.69, 9.17) is 19.5 Å². The number of aliphatic hydroxyl groups excluding tert-OH is 1. The van der Waals surface area contributed by atoms with Crippen LogP contribution < -0.4 is 15.3 Å². The number of nitrogens with one attached hydrogen (secondary N) is 1. The van der Waals surface area contributed by atoms with Crippen LogP contribution in [-0.2, 0) is 18.6 Å². The first-order valence-corrected chi connectivity index (χ1v) is 11.7. The summed E-state index contributed by atoms with van der Waals surface area (Å²) < 4.78 is 45.0. The number of nitrogen functional groups attached to an aromatic ring is 1. The minimum absolute atomic E-state index is 0.0330. The van der Waals surface area contributed by atoms with Crippen LogP contribution in [0.15, 0.2) is 36.7 Å². The van der Waals surface area contributed by atoms with E-state index in [1.807, 2.05) is 0 Å². The lowest BCUT2D eigenvalue weighted by molar-refractivity contribution is -0.138. The predicted molar refractivity (Wildman–Crippen MR) is 115 cm³/mol. The molecule has 1 fully saturated rings. The van der Waals surface area contributed by atoms with Crippen molar-refractivity contribution in [2.75, 3.05) is 12.3 Å². The summed E-state index contributed by atoms with van der Waals surface area (Å²) in [6.45, 7) is 0.977. The maximum absolute atomic E-state index is 13.6. The molecule has 182 valence electrons. The van der Waals surface area contributed by atoms with E-state index in [1.165, 1.54) is 30.0 Å². The first-order chi connectivity index (χ1) is 16.1. The van der Waals surface area contributed by atoms with Crippen molar-refractivity contribution >= 4 is 30.7 Å². The number of carboxylic acid groups (broad SMARTS) is 1. The number of nitrogens with two attached hydrogens (primary N) is 1. The maximum atomic E-state index is 13.6.